The summed E-state index contributed by atoms with van der Waals surface area (Å²) in [6, 6.07) is 5.69. The van der Waals surface area contributed by atoms with E-state index in [4.69, 9.17) is 5.73 Å². The molecule has 0 saturated carbocycles. The Morgan fingerprint density at radius 1 is 1.30 bits per heavy atom. The van der Waals surface area contributed by atoms with Crippen molar-refractivity contribution in [2.24, 2.45) is 5.73 Å². The summed E-state index contributed by atoms with van der Waals surface area (Å²) in [6.07, 6.45) is -4.53. The van der Waals surface area contributed by atoms with Gasteiger partial charge in [-0.15, -0.1) is 0 Å². The largest absolute Gasteiger partial charge is 0.416 e. The monoisotopic (exact) mass is 326 g/mol. The molecule has 0 atom stereocenters. The molecule has 8 heteroatoms. The second-order valence-corrected chi connectivity index (χ2v) is 5.16. The van der Waals surface area contributed by atoms with Gasteiger partial charge in [-0.25, -0.2) is 4.68 Å². The number of aromatic nitrogens is 2. The Morgan fingerprint density at radius 2 is 2.00 bits per heavy atom. The average molecular weight is 326 g/mol. The van der Waals surface area contributed by atoms with Crippen molar-refractivity contribution in [1.29, 1.82) is 0 Å². The third-order valence-electron chi connectivity index (χ3n) is 3.31. The van der Waals surface area contributed by atoms with Crippen LogP contribution < -0.4 is 11.1 Å². The standard InChI is InChI=1S/C15H17F3N4O/c1-9-5-10(2)22(21-9)12-4-3-11(8-20-14(23)7-19)13(6-12)15(16,17)18/h3-6H,7-8,19H2,1-2H3,(H,20,23). The van der Waals surface area contributed by atoms with Gasteiger partial charge in [0.2, 0.25) is 5.91 Å². The molecule has 1 heterocycles. The molecule has 5 nitrogen and oxygen atoms in total. The maximum absolute atomic E-state index is 13.3. The Labute approximate surface area is 131 Å². The lowest BCUT2D eigenvalue weighted by Gasteiger charge is -2.15. The molecule has 0 fully saturated rings. The molecular formula is C15H17F3N4O. The molecule has 0 aliphatic carbocycles. The van der Waals surface area contributed by atoms with Gasteiger partial charge in [-0.2, -0.15) is 18.3 Å². The number of nitrogens with two attached hydrogens (primary N) is 1. The van der Waals surface area contributed by atoms with Crippen molar-refractivity contribution in [2.75, 3.05) is 6.54 Å². The van der Waals surface area contributed by atoms with Crippen LogP contribution in [-0.2, 0) is 17.5 Å². The van der Waals surface area contributed by atoms with Crippen LogP contribution in [0.25, 0.3) is 5.69 Å². The van der Waals surface area contributed by atoms with Crippen molar-refractivity contribution in [1.82, 2.24) is 15.1 Å². The second-order valence-electron chi connectivity index (χ2n) is 5.16. The Hall–Kier alpha value is -2.35. The van der Waals surface area contributed by atoms with Gasteiger partial charge in [0, 0.05) is 12.2 Å². The Morgan fingerprint density at radius 3 is 2.52 bits per heavy atom. The lowest BCUT2D eigenvalue weighted by atomic mass is 10.1. The molecule has 0 spiro atoms. The van der Waals surface area contributed by atoms with E-state index in [9.17, 15) is 18.0 Å². The van der Waals surface area contributed by atoms with Gasteiger partial charge in [0.1, 0.15) is 0 Å². The molecule has 2 rings (SSSR count). The van der Waals surface area contributed by atoms with E-state index in [1.165, 1.54) is 10.7 Å². The summed E-state index contributed by atoms with van der Waals surface area (Å²) >= 11 is 0. The maximum Gasteiger partial charge on any atom is 0.416 e. The second kappa shape index (κ2) is 6.41. The van der Waals surface area contributed by atoms with Gasteiger partial charge < -0.3 is 11.1 Å². The predicted octanol–water partition coefficient (Wildman–Crippen LogP) is 2.08. The fraction of sp³-hybridized carbons (Fsp3) is 0.333. The number of aryl methyl sites for hydroxylation is 2. The normalized spacial score (nSPS) is 11.6. The minimum Gasteiger partial charge on any atom is -0.351 e. The molecule has 0 radical (unpaired) electrons. The molecule has 0 saturated heterocycles. The Bertz CT molecular complexity index is 722. The zero-order chi connectivity index (χ0) is 17.2. The SMILES string of the molecule is Cc1cc(C)n(-c2ccc(CNC(=O)CN)c(C(F)(F)F)c2)n1. The van der Waals surface area contributed by atoms with Crippen LogP contribution in [0.5, 0.6) is 0 Å². The zero-order valence-electron chi connectivity index (χ0n) is 12.7. The Kier molecular flexibility index (Phi) is 4.74. The quantitative estimate of drug-likeness (QED) is 0.903. The van der Waals surface area contributed by atoms with Crippen LogP contribution in [0.4, 0.5) is 13.2 Å². The van der Waals surface area contributed by atoms with Crippen LogP contribution in [-0.4, -0.2) is 22.2 Å². The van der Waals surface area contributed by atoms with Gasteiger partial charge in [0.15, 0.2) is 0 Å². The first kappa shape index (κ1) is 17.0. The minimum atomic E-state index is -4.53. The smallest absolute Gasteiger partial charge is 0.351 e. The van der Waals surface area contributed by atoms with Crippen molar-refractivity contribution in [2.45, 2.75) is 26.6 Å². The topological polar surface area (TPSA) is 72.9 Å². The maximum atomic E-state index is 13.3. The van der Waals surface area contributed by atoms with Crippen LogP contribution in [0.2, 0.25) is 0 Å². The number of carbonyl (C=O) groups excluding carboxylic acids is 1. The van der Waals surface area contributed by atoms with Crippen molar-refractivity contribution in [3.8, 4) is 5.69 Å². The first-order valence-corrected chi connectivity index (χ1v) is 6.93. The number of benzene rings is 1. The van der Waals surface area contributed by atoms with Gasteiger partial charge in [-0.05, 0) is 37.6 Å². The fourth-order valence-corrected chi connectivity index (χ4v) is 2.27. The molecule has 0 aliphatic heterocycles. The molecule has 0 unspecified atom stereocenters. The minimum absolute atomic E-state index is 0.0235. The van der Waals surface area contributed by atoms with Crippen LogP contribution in [0.15, 0.2) is 24.3 Å². The summed E-state index contributed by atoms with van der Waals surface area (Å²) in [5.41, 5.74) is 6.07. The molecular weight excluding hydrogens is 309 g/mol. The third-order valence-corrected chi connectivity index (χ3v) is 3.31. The van der Waals surface area contributed by atoms with E-state index in [1.807, 2.05) is 0 Å². The highest BCUT2D eigenvalue weighted by atomic mass is 19.4. The summed E-state index contributed by atoms with van der Waals surface area (Å²) in [5, 5.41) is 6.53. The molecule has 2 aromatic rings. The molecule has 1 aromatic carbocycles. The molecule has 23 heavy (non-hydrogen) atoms. The van der Waals surface area contributed by atoms with E-state index in [2.05, 4.69) is 10.4 Å². The van der Waals surface area contributed by atoms with Crippen molar-refractivity contribution < 1.29 is 18.0 Å². The summed E-state index contributed by atoms with van der Waals surface area (Å²) in [5.74, 6) is -0.513. The number of amides is 1. The molecule has 124 valence electrons. The lowest BCUT2D eigenvalue weighted by molar-refractivity contribution is -0.138. The highest BCUT2D eigenvalue weighted by Gasteiger charge is 2.33. The van der Waals surface area contributed by atoms with Gasteiger partial charge in [-0.1, -0.05) is 6.07 Å². The van der Waals surface area contributed by atoms with Crippen LogP contribution in [0, 0.1) is 13.8 Å². The predicted molar refractivity (Wildman–Crippen MR) is 78.9 cm³/mol. The number of nitrogens with zero attached hydrogens (tertiary/aromatic N) is 2. The summed E-state index contributed by atoms with van der Waals surface area (Å²) in [4.78, 5) is 11.2. The number of alkyl halides is 3. The average Bonchev–Trinajstić information content (AvgIpc) is 2.82. The van der Waals surface area contributed by atoms with Crippen LogP contribution in [0.3, 0.4) is 0 Å². The van der Waals surface area contributed by atoms with Gasteiger partial charge in [0.25, 0.3) is 0 Å². The van der Waals surface area contributed by atoms with Gasteiger partial charge in [0.05, 0.1) is 23.5 Å². The van der Waals surface area contributed by atoms with Crippen molar-refractivity contribution >= 4 is 5.91 Å². The number of carbonyl (C=O) groups is 1. The first-order chi connectivity index (χ1) is 10.7. The van der Waals surface area contributed by atoms with E-state index in [0.29, 0.717) is 5.69 Å². The Balaban J connectivity index is 2.42. The third kappa shape index (κ3) is 3.89. The summed E-state index contributed by atoms with van der Waals surface area (Å²) in [7, 11) is 0. The van der Waals surface area contributed by atoms with E-state index in [-0.39, 0.29) is 18.7 Å². The number of rotatable bonds is 4. The van der Waals surface area contributed by atoms with Crippen LogP contribution >= 0.6 is 0 Å². The number of nitrogens with one attached hydrogen (secondary N) is 1. The van der Waals surface area contributed by atoms with E-state index in [1.54, 1.807) is 26.0 Å². The summed E-state index contributed by atoms with van der Waals surface area (Å²) < 4.78 is 41.3. The molecule has 1 amide bonds. The number of hydrogen-bond acceptors (Lipinski definition) is 3. The van der Waals surface area contributed by atoms with Crippen molar-refractivity contribution in [3.05, 3.63) is 46.8 Å². The molecule has 1 aromatic heterocycles. The van der Waals surface area contributed by atoms with Crippen molar-refractivity contribution in [3.63, 3.8) is 0 Å². The van der Waals surface area contributed by atoms with E-state index in [0.717, 1.165) is 17.5 Å². The fourth-order valence-electron chi connectivity index (χ4n) is 2.27. The van der Waals surface area contributed by atoms with Gasteiger partial charge in [-0.3, -0.25) is 4.79 Å². The molecule has 3 N–H and O–H groups in total. The highest BCUT2D eigenvalue weighted by molar-refractivity contribution is 5.77. The van der Waals surface area contributed by atoms with E-state index < -0.39 is 17.6 Å². The van der Waals surface area contributed by atoms with Gasteiger partial charge >= 0.3 is 6.18 Å². The number of hydrogen-bond donors (Lipinski definition) is 2. The molecule has 0 aliphatic rings. The van der Waals surface area contributed by atoms with Crippen LogP contribution in [0.1, 0.15) is 22.5 Å². The summed E-state index contributed by atoms with van der Waals surface area (Å²) in [6.45, 7) is 3.03. The number of halogens is 3. The van der Waals surface area contributed by atoms with E-state index >= 15 is 0 Å². The lowest BCUT2D eigenvalue weighted by Crippen LogP contribution is -2.30. The first-order valence-electron chi connectivity index (χ1n) is 6.93. The molecule has 0 bridgehead atoms. The zero-order valence-corrected chi connectivity index (χ0v) is 12.7. The highest BCUT2D eigenvalue weighted by Crippen LogP contribution is 2.33.